The summed E-state index contributed by atoms with van der Waals surface area (Å²) < 4.78 is 1.75. The minimum absolute atomic E-state index is 0.553. The summed E-state index contributed by atoms with van der Waals surface area (Å²) >= 11 is 6.22. The third kappa shape index (κ3) is 1.86. The molecule has 3 N–H and O–H groups in total. The van der Waals surface area contributed by atoms with Gasteiger partial charge in [-0.2, -0.15) is 10.2 Å². The van der Waals surface area contributed by atoms with E-state index in [1.165, 1.54) is 0 Å². The number of anilines is 1. The molecule has 1 aromatic carbocycles. The van der Waals surface area contributed by atoms with Crippen LogP contribution in [-0.2, 0) is 6.42 Å². The maximum absolute atomic E-state index is 6.22. The number of nitrogen functional groups attached to an aromatic ring is 1. The molecule has 0 unspecified atom stereocenters. The van der Waals surface area contributed by atoms with Crippen molar-refractivity contribution in [3.05, 3.63) is 35.0 Å². The zero-order valence-corrected chi connectivity index (χ0v) is 11.3. The molecule has 0 radical (unpaired) electrons. The second-order valence-corrected chi connectivity index (χ2v) is 4.80. The molecule has 0 saturated carbocycles. The molecule has 0 atom stereocenters. The quantitative estimate of drug-likeness (QED) is 0.772. The zero-order valence-electron chi connectivity index (χ0n) is 10.5. The Labute approximate surface area is 115 Å². The molecule has 5 nitrogen and oxygen atoms in total. The van der Waals surface area contributed by atoms with Gasteiger partial charge in [0.1, 0.15) is 5.82 Å². The summed E-state index contributed by atoms with van der Waals surface area (Å²) in [5, 5.41) is 13.2. The largest absolute Gasteiger partial charge is 0.383 e. The van der Waals surface area contributed by atoms with Crippen LogP contribution in [-0.4, -0.2) is 20.0 Å². The number of rotatable bonds is 3. The Hall–Kier alpha value is -2.01. The zero-order chi connectivity index (χ0) is 13.4. The summed E-state index contributed by atoms with van der Waals surface area (Å²) in [5.41, 5.74) is 8.41. The first-order valence-corrected chi connectivity index (χ1v) is 6.56. The molecule has 0 bridgehead atoms. The summed E-state index contributed by atoms with van der Waals surface area (Å²) in [5.74, 6) is 0.553. The fourth-order valence-electron chi connectivity index (χ4n) is 2.20. The highest BCUT2D eigenvalue weighted by Crippen LogP contribution is 2.28. The standard InChI is InChI=1S/C13H14ClN5/c1-2-5-9-11-12(15)16-17-13(11)19(18-9)10-7-4-3-6-8(10)14/h3-4,6-7H,2,5H2,1H3,(H3,15,16,17). The Morgan fingerprint density at radius 2 is 2.16 bits per heavy atom. The van der Waals surface area contributed by atoms with Gasteiger partial charge in [-0.3, -0.25) is 5.10 Å². The number of aromatic amines is 1. The van der Waals surface area contributed by atoms with Crippen molar-refractivity contribution in [3.8, 4) is 5.69 Å². The molecule has 0 amide bonds. The minimum Gasteiger partial charge on any atom is -0.383 e. The van der Waals surface area contributed by atoms with E-state index in [4.69, 9.17) is 17.3 Å². The number of H-pyrrole nitrogens is 1. The van der Waals surface area contributed by atoms with E-state index in [1.807, 2.05) is 24.3 Å². The van der Waals surface area contributed by atoms with Crippen LogP contribution in [0.3, 0.4) is 0 Å². The number of nitrogens with two attached hydrogens (primary N) is 1. The fraction of sp³-hybridized carbons (Fsp3) is 0.231. The summed E-state index contributed by atoms with van der Waals surface area (Å²) in [6.45, 7) is 2.11. The van der Waals surface area contributed by atoms with Crippen LogP contribution in [0.1, 0.15) is 19.0 Å². The number of aryl methyl sites for hydroxylation is 1. The van der Waals surface area contributed by atoms with Gasteiger partial charge in [0, 0.05) is 0 Å². The average molecular weight is 276 g/mol. The van der Waals surface area contributed by atoms with Crippen molar-refractivity contribution in [1.29, 1.82) is 0 Å². The van der Waals surface area contributed by atoms with Crippen molar-refractivity contribution >= 4 is 28.5 Å². The number of aromatic nitrogens is 4. The normalized spacial score (nSPS) is 11.3. The Kier molecular flexibility index (Phi) is 2.91. The lowest BCUT2D eigenvalue weighted by atomic mass is 10.2. The Balaban J connectivity index is 2.28. The van der Waals surface area contributed by atoms with Gasteiger partial charge in [0.15, 0.2) is 5.65 Å². The lowest BCUT2D eigenvalue weighted by molar-refractivity contribution is 0.810. The van der Waals surface area contributed by atoms with E-state index in [2.05, 4.69) is 22.2 Å². The van der Waals surface area contributed by atoms with Crippen molar-refractivity contribution in [2.75, 3.05) is 5.73 Å². The maximum Gasteiger partial charge on any atom is 0.186 e. The number of benzene rings is 1. The molecular weight excluding hydrogens is 262 g/mol. The lowest BCUT2D eigenvalue weighted by Crippen LogP contribution is -1.99. The van der Waals surface area contributed by atoms with Crippen molar-refractivity contribution in [1.82, 2.24) is 20.0 Å². The van der Waals surface area contributed by atoms with Crippen molar-refractivity contribution in [2.24, 2.45) is 0 Å². The van der Waals surface area contributed by atoms with Crippen LogP contribution in [0, 0.1) is 0 Å². The first-order valence-electron chi connectivity index (χ1n) is 6.18. The molecule has 3 rings (SSSR count). The van der Waals surface area contributed by atoms with Crippen LogP contribution in [0.15, 0.2) is 24.3 Å². The molecule has 2 heterocycles. The minimum atomic E-state index is 0.553. The van der Waals surface area contributed by atoms with Crippen molar-refractivity contribution in [2.45, 2.75) is 19.8 Å². The van der Waals surface area contributed by atoms with E-state index < -0.39 is 0 Å². The SMILES string of the molecule is CCCc1nn(-c2ccccc2Cl)c2n[nH]c(N)c12. The first kappa shape index (κ1) is 12.0. The number of nitrogens with zero attached hydrogens (tertiary/aromatic N) is 3. The van der Waals surface area contributed by atoms with Gasteiger partial charge in [-0.1, -0.05) is 37.1 Å². The van der Waals surface area contributed by atoms with Crippen LogP contribution in [0.4, 0.5) is 5.82 Å². The lowest BCUT2D eigenvalue weighted by Gasteiger charge is -2.03. The summed E-state index contributed by atoms with van der Waals surface area (Å²) in [7, 11) is 0. The summed E-state index contributed by atoms with van der Waals surface area (Å²) in [6.07, 6.45) is 1.86. The monoisotopic (exact) mass is 275 g/mol. The molecule has 98 valence electrons. The number of nitrogens with one attached hydrogen (secondary N) is 1. The third-order valence-electron chi connectivity index (χ3n) is 3.05. The highest BCUT2D eigenvalue weighted by atomic mass is 35.5. The third-order valence-corrected chi connectivity index (χ3v) is 3.37. The van der Waals surface area contributed by atoms with Gasteiger partial charge in [-0.25, -0.2) is 4.68 Å². The predicted octanol–water partition coefficient (Wildman–Crippen LogP) is 2.94. The maximum atomic E-state index is 6.22. The van der Waals surface area contributed by atoms with Gasteiger partial charge in [0.05, 0.1) is 21.8 Å². The molecule has 19 heavy (non-hydrogen) atoms. The van der Waals surface area contributed by atoms with Gasteiger partial charge in [0.2, 0.25) is 0 Å². The van der Waals surface area contributed by atoms with Gasteiger partial charge < -0.3 is 5.73 Å². The highest BCUT2D eigenvalue weighted by molar-refractivity contribution is 6.32. The van der Waals surface area contributed by atoms with Crippen LogP contribution >= 0.6 is 11.6 Å². The number of fused-ring (bicyclic) bond motifs is 1. The topological polar surface area (TPSA) is 72.5 Å². The van der Waals surface area contributed by atoms with E-state index in [-0.39, 0.29) is 0 Å². The predicted molar refractivity (Wildman–Crippen MR) is 76.6 cm³/mol. The number of hydrogen-bond donors (Lipinski definition) is 2. The van der Waals surface area contributed by atoms with Crippen LogP contribution in [0.25, 0.3) is 16.7 Å². The Bertz CT molecular complexity index is 728. The van der Waals surface area contributed by atoms with E-state index in [0.717, 1.165) is 29.6 Å². The van der Waals surface area contributed by atoms with Crippen LogP contribution in [0.5, 0.6) is 0 Å². The van der Waals surface area contributed by atoms with E-state index in [9.17, 15) is 0 Å². The number of hydrogen-bond acceptors (Lipinski definition) is 3. The Morgan fingerprint density at radius 1 is 1.37 bits per heavy atom. The second kappa shape index (κ2) is 4.59. The molecule has 0 aliphatic heterocycles. The van der Waals surface area contributed by atoms with Crippen LogP contribution < -0.4 is 5.73 Å². The van der Waals surface area contributed by atoms with E-state index >= 15 is 0 Å². The van der Waals surface area contributed by atoms with Crippen molar-refractivity contribution < 1.29 is 0 Å². The summed E-state index contributed by atoms with van der Waals surface area (Å²) in [6, 6.07) is 7.55. The number of para-hydroxylation sites is 1. The molecule has 6 heteroatoms. The van der Waals surface area contributed by atoms with Gasteiger partial charge in [0.25, 0.3) is 0 Å². The molecule has 2 aromatic heterocycles. The first-order chi connectivity index (χ1) is 9.22. The van der Waals surface area contributed by atoms with Crippen molar-refractivity contribution in [3.63, 3.8) is 0 Å². The second-order valence-electron chi connectivity index (χ2n) is 4.40. The number of halogens is 1. The molecular formula is C13H14ClN5. The molecule has 3 aromatic rings. The van der Waals surface area contributed by atoms with E-state index in [1.54, 1.807) is 4.68 Å². The fourth-order valence-corrected chi connectivity index (χ4v) is 2.42. The average Bonchev–Trinajstić information content (AvgIpc) is 2.93. The van der Waals surface area contributed by atoms with E-state index in [0.29, 0.717) is 16.5 Å². The molecule has 0 saturated heterocycles. The van der Waals surface area contributed by atoms with Crippen LogP contribution in [0.2, 0.25) is 5.02 Å². The van der Waals surface area contributed by atoms with Gasteiger partial charge in [-0.05, 0) is 18.6 Å². The highest BCUT2D eigenvalue weighted by Gasteiger charge is 2.17. The molecule has 0 aliphatic carbocycles. The smallest absolute Gasteiger partial charge is 0.186 e. The molecule has 0 spiro atoms. The van der Waals surface area contributed by atoms with Gasteiger partial charge >= 0.3 is 0 Å². The molecule has 0 aliphatic rings. The molecule has 0 fully saturated rings. The van der Waals surface area contributed by atoms with Gasteiger partial charge in [-0.15, -0.1) is 0 Å². The Morgan fingerprint density at radius 3 is 2.89 bits per heavy atom. The summed E-state index contributed by atoms with van der Waals surface area (Å²) in [4.78, 5) is 0.